The fourth-order valence-electron chi connectivity index (χ4n) is 5.77. The van der Waals surface area contributed by atoms with E-state index in [2.05, 4.69) is 30.9 Å². The Balaban J connectivity index is 1.78. The first kappa shape index (κ1) is 14.6. The van der Waals surface area contributed by atoms with E-state index in [1.54, 1.807) is 0 Å². The second kappa shape index (κ2) is 5.26. The van der Waals surface area contributed by atoms with Gasteiger partial charge in [0.25, 0.3) is 0 Å². The van der Waals surface area contributed by atoms with Crippen LogP contribution in [0.15, 0.2) is 18.2 Å². The summed E-state index contributed by atoms with van der Waals surface area (Å²) < 4.78 is 0. The predicted molar refractivity (Wildman–Crippen MR) is 90.3 cm³/mol. The van der Waals surface area contributed by atoms with Gasteiger partial charge < -0.3 is 5.11 Å². The Hall–Kier alpha value is -1.02. The molecule has 0 unspecified atom stereocenters. The summed E-state index contributed by atoms with van der Waals surface area (Å²) >= 11 is 0. The standard InChI is InChI=1S/C20H29NO/c1-14(2)13-21-10-9-20-8-4-3-5-17(20)19(21)11-15-6-7-16(22)12-18(15)20/h6-7,12,14,17,19,22H,3-5,8-11,13H2,1-2H3/t17-,19-,20+/m0/s1. The topological polar surface area (TPSA) is 23.5 Å². The van der Waals surface area contributed by atoms with E-state index >= 15 is 0 Å². The summed E-state index contributed by atoms with van der Waals surface area (Å²) in [5, 5.41) is 10.0. The van der Waals surface area contributed by atoms with Crippen molar-refractivity contribution in [3.63, 3.8) is 0 Å². The molecule has 1 heterocycles. The second-order valence-corrected chi connectivity index (χ2v) is 8.26. The van der Waals surface area contributed by atoms with Crippen LogP contribution in [0, 0.1) is 11.8 Å². The average molecular weight is 299 g/mol. The molecule has 0 amide bonds. The van der Waals surface area contributed by atoms with Crippen molar-refractivity contribution < 1.29 is 5.11 Å². The lowest BCUT2D eigenvalue weighted by Gasteiger charge is -2.59. The minimum Gasteiger partial charge on any atom is -0.508 e. The van der Waals surface area contributed by atoms with E-state index in [9.17, 15) is 5.11 Å². The number of piperidine rings is 1. The van der Waals surface area contributed by atoms with Crippen molar-refractivity contribution in [1.82, 2.24) is 4.90 Å². The highest BCUT2D eigenvalue weighted by Gasteiger charge is 2.53. The Morgan fingerprint density at radius 1 is 1.27 bits per heavy atom. The Labute approximate surface area is 134 Å². The summed E-state index contributed by atoms with van der Waals surface area (Å²) in [5.74, 6) is 2.01. The minimum absolute atomic E-state index is 0.364. The molecule has 1 aliphatic heterocycles. The van der Waals surface area contributed by atoms with E-state index in [1.165, 1.54) is 62.7 Å². The molecular weight excluding hydrogens is 270 g/mol. The van der Waals surface area contributed by atoms with E-state index in [1.807, 2.05) is 6.07 Å². The third-order valence-corrected chi connectivity index (χ3v) is 6.53. The van der Waals surface area contributed by atoms with Crippen molar-refractivity contribution in [2.24, 2.45) is 11.8 Å². The second-order valence-electron chi connectivity index (χ2n) is 8.26. The summed E-state index contributed by atoms with van der Waals surface area (Å²) in [6.45, 7) is 7.17. The third-order valence-electron chi connectivity index (χ3n) is 6.53. The number of phenolic OH excluding ortho intramolecular Hbond substituents is 1. The monoisotopic (exact) mass is 299 g/mol. The summed E-state index contributed by atoms with van der Waals surface area (Å²) in [5.41, 5.74) is 3.37. The lowest BCUT2D eigenvalue weighted by molar-refractivity contribution is -0.0164. The number of nitrogens with zero attached hydrogens (tertiary/aromatic N) is 1. The molecule has 3 aliphatic rings. The van der Waals surface area contributed by atoms with Gasteiger partial charge in [-0.25, -0.2) is 0 Å². The molecule has 120 valence electrons. The average Bonchev–Trinajstić information content (AvgIpc) is 2.50. The lowest BCUT2D eigenvalue weighted by atomic mass is 9.52. The number of benzene rings is 1. The molecule has 1 aromatic carbocycles. The molecular formula is C20H29NO. The molecule has 2 nitrogen and oxygen atoms in total. The SMILES string of the molecule is CC(C)CN1CC[C@]23CCCC[C@H]2[C@@H]1Cc1ccc(O)cc13. The van der Waals surface area contributed by atoms with Crippen molar-refractivity contribution in [2.75, 3.05) is 13.1 Å². The van der Waals surface area contributed by atoms with Crippen LogP contribution in [0.2, 0.25) is 0 Å². The van der Waals surface area contributed by atoms with Gasteiger partial charge in [0.05, 0.1) is 0 Å². The lowest BCUT2D eigenvalue weighted by Crippen LogP contribution is -2.61. The molecule has 4 rings (SSSR count). The smallest absolute Gasteiger partial charge is 0.115 e. The van der Waals surface area contributed by atoms with Crippen LogP contribution in [0.3, 0.4) is 0 Å². The highest BCUT2D eigenvalue weighted by Crippen LogP contribution is 2.56. The highest BCUT2D eigenvalue weighted by molar-refractivity contribution is 5.45. The van der Waals surface area contributed by atoms with Gasteiger partial charge in [0.15, 0.2) is 0 Å². The molecule has 2 bridgehead atoms. The van der Waals surface area contributed by atoms with Gasteiger partial charge in [-0.3, -0.25) is 4.90 Å². The molecule has 1 saturated carbocycles. The third kappa shape index (κ3) is 2.11. The molecule has 1 saturated heterocycles. The van der Waals surface area contributed by atoms with E-state index in [0.717, 1.165) is 17.9 Å². The maximum Gasteiger partial charge on any atom is 0.115 e. The van der Waals surface area contributed by atoms with Crippen LogP contribution in [0.25, 0.3) is 0 Å². The molecule has 3 atom stereocenters. The summed E-state index contributed by atoms with van der Waals surface area (Å²) in [4.78, 5) is 2.79. The fourth-order valence-corrected chi connectivity index (χ4v) is 5.77. The molecule has 0 radical (unpaired) electrons. The zero-order valence-electron chi connectivity index (χ0n) is 14.0. The van der Waals surface area contributed by atoms with Crippen molar-refractivity contribution in [3.8, 4) is 5.75 Å². The quantitative estimate of drug-likeness (QED) is 0.888. The van der Waals surface area contributed by atoms with E-state index in [4.69, 9.17) is 0 Å². The summed E-state index contributed by atoms with van der Waals surface area (Å²) in [6, 6.07) is 6.92. The Bertz CT molecular complexity index is 567. The number of phenols is 1. The Morgan fingerprint density at radius 2 is 2.14 bits per heavy atom. The normalized spacial score (nSPS) is 34.3. The van der Waals surface area contributed by atoms with Crippen molar-refractivity contribution >= 4 is 0 Å². The van der Waals surface area contributed by atoms with Gasteiger partial charge in [-0.1, -0.05) is 32.8 Å². The van der Waals surface area contributed by atoms with Gasteiger partial charge in [0, 0.05) is 18.0 Å². The number of fused-ring (bicyclic) bond motifs is 1. The van der Waals surface area contributed by atoms with Gasteiger partial charge in [-0.2, -0.15) is 0 Å². The molecule has 0 aromatic heterocycles. The van der Waals surface area contributed by atoms with Crippen LogP contribution in [0.1, 0.15) is 57.1 Å². The van der Waals surface area contributed by atoms with Gasteiger partial charge in [0.2, 0.25) is 0 Å². The van der Waals surface area contributed by atoms with Crippen molar-refractivity contribution in [2.45, 2.75) is 63.8 Å². The molecule has 22 heavy (non-hydrogen) atoms. The van der Waals surface area contributed by atoms with Crippen LogP contribution in [-0.2, 0) is 11.8 Å². The van der Waals surface area contributed by atoms with E-state index in [-0.39, 0.29) is 0 Å². The summed E-state index contributed by atoms with van der Waals surface area (Å²) in [6.07, 6.45) is 7.95. The zero-order chi connectivity index (χ0) is 15.3. The van der Waals surface area contributed by atoms with E-state index < -0.39 is 0 Å². The van der Waals surface area contributed by atoms with Gasteiger partial charge in [0.1, 0.15) is 5.75 Å². The van der Waals surface area contributed by atoms with Gasteiger partial charge >= 0.3 is 0 Å². The molecule has 1 aromatic rings. The number of hydrogen-bond donors (Lipinski definition) is 1. The zero-order valence-corrected chi connectivity index (χ0v) is 14.0. The predicted octanol–water partition coefficient (Wildman–Crippen LogP) is 4.11. The molecule has 1 N–H and O–H groups in total. The molecule has 0 spiro atoms. The van der Waals surface area contributed by atoms with Crippen LogP contribution < -0.4 is 0 Å². The minimum atomic E-state index is 0.364. The first-order valence-corrected chi connectivity index (χ1v) is 9.16. The van der Waals surface area contributed by atoms with Crippen molar-refractivity contribution in [1.29, 1.82) is 0 Å². The number of aromatic hydroxyl groups is 1. The fraction of sp³-hybridized carbons (Fsp3) is 0.700. The largest absolute Gasteiger partial charge is 0.508 e. The van der Waals surface area contributed by atoms with Crippen molar-refractivity contribution in [3.05, 3.63) is 29.3 Å². The summed E-state index contributed by atoms with van der Waals surface area (Å²) in [7, 11) is 0. The molecule has 2 fully saturated rings. The number of hydrogen-bond acceptors (Lipinski definition) is 2. The van der Waals surface area contributed by atoms with Crippen LogP contribution in [0.4, 0.5) is 0 Å². The van der Waals surface area contributed by atoms with Gasteiger partial charge in [-0.15, -0.1) is 0 Å². The van der Waals surface area contributed by atoms with Gasteiger partial charge in [-0.05, 0) is 67.3 Å². The Morgan fingerprint density at radius 3 is 2.95 bits per heavy atom. The highest BCUT2D eigenvalue weighted by atomic mass is 16.3. The first-order valence-electron chi connectivity index (χ1n) is 9.16. The van der Waals surface area contributed by atoms with E-state index in [0.29, 0.717) is 11.2 Å². The molecule has 2 aliphatic carbocycles. The van der Waals surface area contributed by atoms with Crippen LogP contribution >= 0.6 is 0 Å². The molecule has 2 heteroatoms. The Kier molecular flexibility index (Phi) is 3.48. The first-order chi connectivity index (χ1) is 10.6. The maximum absolute atomic E-state index is 10.0. The van der Waals surface area contributed by atoms with Crippen LogP contribution in [0.5, 0.6) is 5.75 Å². The number of rotatable bonds is 2. The van der Waals surface area contributed by atoms with Crippen LogP contribution in [-0.4, -0.2) is 29.1 Å². The maximum atomic E-state index is 10.0. The number of likely N-dealkylation sites (tertiary alicyclic amines) is 1.